The first-order chi connectivity index (χ1) is 9.74. The van der Waals surface area contributed by atoms with Crippen LogP contribution in [0, 0.1) is 0 Å². The maximum absolute atomic E-state index is 12.3. The minimum Gasteiger partial charge on any atom is -0.392 e. The molecule has 2 unspecified atom stereocenters. The highest BCUT2D eigenvalue weighted by atomic mass is 16.3. The summed E-state index contributed by atoms with van der Waals surface area (Å²) in [6, 6.07) is -0.229. The number of hydrogen-bond donors (Lipinski definition) is 2. The van der Waals surface area contributed by atoms with Gasteiger partial charge in [0, 0.05) is 45.1 Å². The van der Waals surface area contributed by atoms with Gasteiger partial charge in [-0.2, -0.15) is 0 Å². The maximum Gasteiger partial charge on any atom is 0.239 e. The van der Waals surface area contributed by atoms with Crippen LogP contribution in [0.2, 0.25) is 0 Å². The van der Waals surface area contributed by atoms with Gasteiger partial charge in [0.15, 0.2) is 0 Å². The maximum atomic E-state index is 12.3. The van der Waals surface area contributed by atoms with E-state index in [9.17, 15) is 9.90 Å². The molecule has 7 nitrogen and oxygen atoms in total. The Kier molecular flexibility index (Phi) is 3.79. The number of carbonyl (C=O) groups is 1. The minimum atomic E-state index is -0.398. The molecule has 3 rings (SSSR count). The molecule has 1 aromatic heterocycles. The van der Waals surface area contributed by atoms with Gasteiger partial charge in [-0.05, 0) is 6.42 Å². The van der Waals surface area contributed by atoms with E-state index in [1.54, 1.807) is 18.6 Å². The smallest absolute Gasteiger partial charge is 0.239 e. The van der Waals surface area contributed by atoms with Crippen molar-refractivity contribution >= 4 is 11.7 Å². The molecular weight excluding hydrogens is 258 g/mol. The largest absolute Gasteiger partial charge is 0.392 e. The van der Waals surface area contributed by atoms with Gasteiger partial charge < -0.3 is 20.2 Å². The van der Waals surface area contributed by atoms with Crippen LogP contribution in [0.3, 0.4) is 0 Å². The van der Waals surface area contributed by atoms with E-state index in [0.29, 0.717) is 26.1 Å². The molecule has 20 heavy (non-hydrogen) atoms. The van der Waals surface area contributed by atoms with E-state index in [0.717, 1.165) is 18.9 Å². The van der Waals surface area contributed by atoms with Crippen molar-refractivity contribution < 1.29 is 9.90 Å². The second-order valence-corrected chi connectivity index (χ2v) is 5.23. The molecule has 3 heterocycles. The van der Waals surface area contributed by atoms with Crippen molar-refractivity contribution in [2.24, 2.45) is 0 Å². The fraction of sp³-hybridized carbons (Fsp3) is 0.615. The first-order valence-corrected chi connectivity index (χ1v) is 6.95. The number of amides is 1. The van der Waals surface area contributed by atoms with Crippen LogP contribution in [0.5, 0.6) is 0 Å². The molecule has 2 saturated heterocycles. The summed E-state index contributed by atoms with van der Waals surface area (Å²) in [7, 11) is 0. The Morgan fingerprint density at radius 1 is 1.30 bits per heavy atom. The molecule has 7 heteroatoms. The molecule has 2 atom stereocenters. The zero-order chi connectivity index (χ0) is 13.9. The van der Waals surface area contributed by atoms with Crippen LogP contribution in [0.1, 0.15) is 6.42 Å². The molecule has 1 amide bonds. The monoisotopic (exact) mass is 277 g/mol. The summed E-state index contributed by atoms with van der Waals surface area (Å²) >= 11 is 0. The Labute approximate surface area is 117 Å². The van der Waals surface area contributed by atoms with Gasteiger partial charge in [-0.15, -0.1) is 0 Å². The number of carbonyl (C=O) groups excluding carboxylic acids is 1. The number of nitrogens with zero attached hydrogens (tertiary/aromatic N) is 4. The summed E-state index contributed by atoms with van der Waals surface area (Å²) in [4.78, 5) is 24.6. The summed E-state index contributed by atoms with van der Waals surface area (Å²) in [5.74, 6) is 0.953. The number of aliphatic hydroxyl groups is 1. The van der Waals surface area contributed by atoms with Crippen molar-refractivity contribution in [2.75, 3.05) is 37.6 Å². The van der Waals surface area contributed by atoms with Crippen molar-refractivity contribution in [2.45, 2.75) is 18.6 Å². The lowest BCUT2D eigenvalue weighted by Crippen LogP contribution is -2.53. The van der Waals surface area contributed by atoms with Gasteiger partial charge in [0.1, 0.15) is 5.82 Å². The van der Waals surface area contributed by atoms with Crippen LogP contribution >= 0.6 is 0 Å². The molecule has 0 radical (unpaired) electrons. The first kappa shape index (κ1) is 13.3. The van der Waals surface area contributed by atoms with Crippen LogP contribution in [0.25, 0.3) is 0 Å². The van der Waals surface area contributed by atoms with Crippen molar-refractivity contribution in [3.63, 3.8) is 0 Å². The third-order valence-electron chi connectivity index (χ3n) is 3.87. The summed E-state index contributed by atoms with van der Waals surface area (Å²) in [6.07, 6.45) is 5.19. The Morgan fingerprint density at radius 3 is 2.70 bits per heavy atom. The number of rotatable bonds is 2. The van der Waals surface area contributed by atoms with Gasteiger partial charge >= 0.3 is 0 Å². The zero-order valence-electron chi connectivity index (χ0n) is 11.3. The van der Waals surface area contributed by atoms with E-state index < -0.39 is 6.10 Å². The molecule has 0 bridgehead atoms. The normalized spacial score (nSPS) is 26.9. The Hall–Kier alpha value is -1.73. The lowest BCUT2D eigenvalue weighted by molar-refractivity contribution is -0.133. The van der Waals surface area contributed by atoms with E-state index in [4.69, 9.17) is 0 Å². The quantitative estimate of drug-likeness (QED) is 0.710. The molecule has 0 aromatic carbocycles. The van der Waals surface area contributed by atoms with Crippen LogP contribution in [0.15, 0.2) is 18.6 Å². The molecule has 2 aliphatic heterocycles. The summed E-state index contributed by atoms with van der Waals surface area (Å²) in [6.45, 7) is 3.41. The average molecular weight is 277 g/mol. The lowest BCUT2D eigenvalue weighted by atomic mass is 10.1. The number of aromatic nitrogens is 2. The van der Waals surface area contributed by atoms with Crippen LogP contribution in [-0.2, 0) is 4.79 Å². The Morgan fingerprint density at radius 2 is 2.10 bits per heavy atom. The van der Waals surface area contributed by atoms with E-state index in [1.165, 1.54) is 0 Å². The highest BCUT2D eigenvalue weighted by molar-refractivity contribution is 5.82. The predicted octanol–water partition coefficient (Wildman–Crippen LogP) is -1.15. The molecule has 0 saturated carbocycles. The minimum absolute atomic E-state index is 0.0975. The highest BCUT2D eigenvalue weighted by Crippen LogP contribution is 2.14. The van der Waals surface area contributed by atoms with E-state index in [1.807, 2.05) is 4.90 Å². The molecule has 0 aliphatic carbocycles. The number of anilines is 1. The summed E-state index contributed by atoms with van der Waals surface area (Å²) < 4.78 is 0. The molecule has 108 valence electrons. The zero-order valence-corrected chi connectivity index (χ0v) is 11.3. The molecular formula is C13H19N5O2. The Balaban J connectivity index is 1.55. The van der Waals surface area contributed by atoms with Crippen LogP contribution < -0.4 is 10.2 Å². The van der Waals surface area contributed by atoms with Gasteiger partial charge in [-0.25, -0.2) is 4.98 Å². The number of hydrogen-bond acceptors (Lipinski definition) is 6. The topological polar surface area (TPSA) is 81.6 Å². The van der Waals surface area contributed by atoms with Crippen molar-refractivity contribution in [3.8, 4) is 0 Å². The Bertz CT molecular complexity index is 461. The first-order valence-electron chi connectivity index (χ1n) is 6.95. The van der Waals surface area contributed by atoms with Gasteiger partial charge in [0.2, 0.25) is 5.91 Å². The number of aliphatic hydroxyl groups excluding tert-OH is 1. The standard InChI is InChI=1S/C13H19N5O2/c19-10-7-11(16-8-10)13(20)18-5-3-17(4-6-18)12-9-14-1-2-15-12/h1-2,9-11,16,19H,3-8H2. The van der Waals surface area contributed by atoms with Crippen LogP contribution in [-0.4, -0.2) is 70.8 Å². The molecule has 2 N–H and O–H groups in total. The third-order valence-corrected chi connectivity index (χ3v) is 3.87. The van der Waals surface area contributed by atoms with Crippen LogP contribution in [0.4, 0.5) is 5.82 Å². The highest BCUT2D eigenvalue weighted by Gasteiger charge is 2.32. The van der Waals surface area contributed by atoms with E-state index in [2.05, 4.69) is 20.2 Å². The average Bonchev–Trinajstić information content (AvgIpc) is 2.94. The fourth-order valence-electron chi connectivity index (χ4n) is 2.74. The van der Waals surface area contributed by atoms with Gasteiger partial charge in [0.25, 0.3) is 0 Å². The van der Waals surface area contributed by atoms with E-state index >= 15 is 0 Å². The summed E-state index contributed by atoms with van der Waals surface area (Å²) in [5, 5.41) is 12.6. The number of nitrogens with one attached hydrogen (secondary N) is 1. The second kappa shape index (κ2) is 5.72. The van der Waals surface area contributed by atoms with Crippen molar-refractivity contribution in [1.82, 2.24) is 20.2 Å². The second-order valence-electron chi connectivity index (χ2n) is 5.23. The summed E-state index contributed by atoms with van der Waals surface area (Å²) in [5.41, 5.74) is 0. The SMILES string of the molecule is O=C(C1CC(O)CN1)N1CCN(c2cnccn2)CC1. The molecule has 2 aliphatic rings. The fourth-order valence-corrected chi connectivity index (χ4v) is 2.74. The molecule has 1 aromatic rings. The van der Waals surface area contributed by atoms with Crippen molar-refractivity contribution in [3.05, 3.63) is 18.6 Å². The number of β-amino-alcohol motifs (C(OH)–C–C–N with tert-alkyl or cyclic N) is 1. The van der Waals surface area contributed by atoms with Gasteiger partial charge in [-0.3, -0.25) is 9.78 Å². The van der Waals surface area contributed by atoms with E-state index in [-0.39, 0.29) is 11.9 Å². The van der Waals surface area contributed by atoms with Crippen molar-refractivity contribution in [1.29, 1.82) is 0 Å². The van der Waals surface area contributed by atoms with Gasteiger partial charge in [0.05, 0.1) is 18.3 Å². The van der Waals surface area contributed by atoms with Gasteiger partial charge in [-0.1, -0.05) is 0 Å². The predicted molar refractivity (Wildman–Crippen MR) is 73.2 cm³/mol. The molecule has 0 spiro atoms. The third kappa shape index (κ3) is 2.73. The molecule has 2 fully saturated rings. The lowest BCUT2D eigenvalue weighted by Gasteiger charge is -2.36. The number of piperazine rings is 1.